The molecule has 114 valence electrons. The third-order valence-corrected chi connectivity index (χ3v) is 3.78. The minimum Gasteiger partial charge on any atom is -0.368 e. The molecule has 0 radical (unpaired) electrons. The lowest BCUT2D eigenvalue weighted by Crippen LogP contribution is -2.48. The van der Waals surface area contributed by atoms with E-state index in [0.29, 0.717) is 31.7 Å². The predicted molar refractivity (Wildman–Crippen MR) is 81.6 cm³/mol. The summed E-state index contributed by atoms with van der Waals surface area (Å²) in [4.78, 5) is 30.0. The number of carbonyl (C=O) groups excluding carboxylic acids is 1. The first-order valence-corrected chi connectivity index (χ1v) is 7.12. The van der Waals surface area contributed by atoms with Crippen LogP contribution in [0, 0.1) is 5.82 Å². The molecule has 0 aliphatic carbocycles. The number of rotatable bonds is 2. The number of benzene rings is 1. The molecule has 0 unspecified atom stereocenters. The van der Waals surface area contributed by atoms with Crippen molar-refractivity contribution in [2.45, 2.75) is 0 Å². The first-order valence-electron chi connectivity index (χ1n) is 7.12. The lowest BCUT2D eigenvalue weighted by atomic mass is 10.2. The Labute approximate surface area is 127 Å². The van der Waals surface area contributed by atoms with Crippen LogP contribution < -0.4 is 10.5 Å². The Bertz CT molecular complexity index is 719. The van der Waals surface area contributed by atoms with Crippen LogP contribution in [0.4, 0.5) is 10.1 Å². The van der Waals surface area contributed by atoms with Crippen LogP contribution >= 0.6 is 0 Å². The molecule has 0 saturated carbocycles. The van der Waals surface area contributed by atoms with Gasteiger partial charge in [-0.3, -0.25) is 9.59 Å². The van der Waals surface area contributed by atoms with Crippen molar-refractivity contribution in [1.29, 1.82) is 0 Å². The maximum Gasteiger partial charge on any atom is 0.254 e. The van der Waals surface area contributed by atoms with Crippen molar-refractivity contribution in [3.8, 4) is 0 Å². The summed E-state index contributed by atoms with van der Waals surface area (Å²) in [6.45, 7) is 2.51. The SMILES string of the molecule is O=C(c1cc[nH]c(=O)c1)N1CCN(c2ccc(F)cc2)CC1. The maximum atomic E-state index is 12.9. The molecule has 3 rings (SSSR count). The maximum absolute atomic E-state index is 12.9. The van der Waals surface area contributed by atoms with E-state index in [1.165, 1.54) is 24.4 Å². The summed E-state index contributed by atoms with van der Waals surface area (Å²) in [5, 5.41) is 0. The van der Waals surface area contributed by atoms with Gasteiger partial charge in [0.05, 0.1) is 0 Å². The number of carbonyl (C=O) groups is 1. The van der Waals surface area contributed by atoms with Crippen LogP contribution in [-0.2, 0) is 0 Å². The molecule has 1 aliphatic heterocycles. The monoisotopic (exact) mass is 301 g/mol. The Balaban J connectivity index is 1.65. The highest BCUT2D eigenvalue weighted by Crippen LogP contribution is 2.17. The zero-order chi connectivity index (χ0) is 15.5. The molecule has 1 fully saturated rings. The summed E-state index contributed by atoms with van der Waals surface area (Å²) < 4.78 is 12.9. The van der Waals surface area contributed by atoms with Crippen molar-refractivity contribution in [2.75, 3.05) is 31.1 Å². The predicted octanol–water partition coefficient (Wildman–Crippen LogP) is 1.48. The summed E-state index contributed by atoms with van der Waals surface area (Å²) >= 11 is 0. The number of nitrogens with one attached hydrogen (secondary N) is 1. The molecule has 5 nitrogen and oxygen atoms in total. The topological polar surface area (TPSA) is 56.4 Å². The number of aromatic nitrogens is 1. The van der Waals surface area contributed by atoms with Gasteiger partial charge in [-0.05, 0) is 30.3 Å². The van der Waals surface area contributed by atoms with Gasteiger partial charge in [-0.15, -0.1) is 0 Å². The van der Waals surface area contributed by atoms with Gasteiger partial charge in [0.1, 0.15) is 5.82 Å². The van der Waals surface area contributed by atoms with Gasteiger partial charge in [-0.2, -0.15) is 0 Å². The summed E-state index contributed by atoms with van der Waals surface area (Å²) in [6, 6.07) is 9.27. The molecule has 0 spiro atoms. The Morgan fingerprint density at radius 2 is 1.73 bits per heavy atom. The van der Waals surface area contributed by atoms with E-state index < -0.39 is 0 Å². The Morgan fingerprint density at radius 3 is 2.36 bits per heavy atom. The van der Waals surface area contributed by atoms with E-state index in [4.69, 9.17) is 0 Å². The Kier molecular flexibility index (Phi) is 3.91. The molecule has 1 saturated heterocycles. The Hall–Kier alpha value is -2.63. The van der Waals surface area contributed by atoms with E-state index in [1.807, 2.05) is 0 Å². The molecule has 2 aromatic rings. The fraction of sp³-hybridized carbons (Fsp3) is 0.250. The second-order valence-corrected chi connectivity index (χ2v) is 5.20. The molecule has 6 heteroatoms. The minimum atomic E-state index is -0.282. The molecule has 22 heavy (non-hydrogen) atoms. The number of aromatic amines is 1. The van der Waals surface area contributed by atoms with Crippen molar-refractivity contribution >= 4 is 11.6 Å². The van der Waals surface area contributed by atoms with E-state index in [1.54, 1.807) is 23.1 Å². The zero-order valence-electron chi connectivity index (χ0n) is 12.0. The lowest BCUT2D eigenvalue weighted by Gasteiger charge is -2.36. The zero-order valence-corrected chi connectivity index (χ0v) is 12.0. The molecule has 1 N–H and O–H groups in total. The third-order valence-electron chi connectivity index (χ3n) is 3.78. The first kappa shape index (κ1) is 14.3. The van der Waals surface area contributed by atoms with Gasteiger partial charge in [0.25, 0.3) is 5.91 Å². The third kappa shape index (κ3) is 3.00. The number of anilines is 1. The minimum absolute atomic E-state index is 0.134. The van der Waals surface area contributed by atoms with Gasteiger partial charge in [0.15, 0.2) is 0 Å². The van der Waals surface area contributed by atoms with Gasteiger partial charge in [0, 0.05) is 49.7 Å². The number of halogens is 1. The van der Waals surface area contributed by atoms with E-state index in [2.05, 4.69) is 9.88 Å². The van der Waals surface area contributed by atoms with Gasteiger partial charge in [-0.25, -0.2) is 4.39 Å². The largest absolute Gasteiger partial charge is 0.368 e. The van der Waals surface area contributed by atoms with Crippen LogP contribution in [0.5, 0.6) is 0 Å². The fourth-order valence-corrected chi connectivity index (χ4v) is 2.58. The van der Waals surface area contributed by atoms with Crippen LogP contribution in [0.15, 0.2) is 47.4 Å². The lowest BCUT2D eigenvalue weighted by molar-refractivity contribution is 0.0746. The molecular weight excluding hydrogens is 285 g/mol. The van der Waals surface area contributed by atoms with E-state index in [9.17, 15) is 14.0 Å². The molecule has 0 bridgehead atoms. The molecule has 1 aliphatic rings. The molecule has 1 amide bonds. The average Bonchev–Trinajstić information content (AvgIpc) is 2.55. The molecule has 1 aromatic carbocycles. The van der Waals surface area contributed by atoms with Crippen LogP contribution in [0.25, 0.3) is 0 Å². The quantitative estimate of drug-likeness (QED) is 0.914. The smallest absolute Gasteiger partial charge is 0.254 e. The van der Waals surface area contributed by atoms with Crippen molar-refractivity contribution in [3.63, 3.8) is 0 Å². The van der Waals surface area contributed by atoms with Crippen LogP contribution in [0.2, 0.25) is 0 Å². The first-order chi connectivity index (χ1) is 10.6. The number of H-pyrrole nitrogens is 1. The molecule has 2 heterocycles. The summed E-state index contributed by atoms with van der Waals surface area (Å²) in [5.41, 5.74) is 1.07. The second-order valence-electron chi connectivity index (χ2n) is 5.20. The van der Waals surface area contributed by atoms with Crippen molar-refractivity contribution < 1.29 is 9.18 Å². The Morgan fingerprint density at radius 1 is 1.05 bits per heavy atom. The molecular formula is C16H16FN3O2. The normalized spacial score (nSPS) is 15.0. The van der Waals surface area contributed by atoms with Crippen LogP contribution in [0.3, 0.4) is 0 Å². The fourth-order valence-electron chi connectivity index (χ4n) is 2.58. The van der Waals surface area contributed by atoms with Crippen LogP contribution in [-0.4, -0.2) is 42.0 Å². The van der Waals surface area contributed by atoms with Gasteiger partial charge < -0.3 is 14.8 Å². The highest BCUT2D eigenvalue weighted by Gasteiger charge is 2.22. The standard InChI is InChI=1S/C16H16FN3O2/c17-13-1-3-14(4-2-13)19-7-9-20(10-8-19)16(22)12-5-6-18-15(21)11-12/h1-6,11H,7-10H2,(H,18,21). The summed E-state index contributed by atoms with van der Waals surface area (Å²) in [5.74, 6) is -0.392. The number of pyridine rings is 1. The summed E-state index contributed by atoms with van der Waals surface area (Å²) in [6.07, 6.45) is 1.48. The van der Waals surface area contributed by atoms with Crippen molar-refractivity contribution in [2.24, 2.45) is 0 Å². The van der Waals surface area contributed by atoms with Crippen LogP contribution in [0.1, 0.15) is 10.4 Å². The van der Waals surface area contributed by atoms with E-state index in [0.717, 1.165) is 5.69 Å². The number of hydrogen-bond donors (Lipinski definition) is 1. The van der Waals surface area contributed by atoms with Gasteiger partial charge >= 0.3 is 0 Å². The highest BCUT2D eigenvalue weighted by atomic mass is 19.1. The summed E-state index contributed by atoms with van der Waals surface area (Å²) in [7, 11) is 0. The van der Waals surface area contributed by atoms with E-state index in [-0.39, 0.29) is 17.3 Å². The average molecular weight is 301 g/mol. The number of piperazine rings is 1. The van der Waals surface area contributed by atoms with Crippen molar-refractivity contribution in [1.82, 2.24) is 9.88 Å². The van der Waals surface area contributed by atoms with Crippen molar-refractivity contribution in [3.05, 3.63) is 64.3 Å². The second kappa shape index (κ2) is 6.01. The number of amides is 1. The number of hydrogen-bond acceptors (Lipinski definition) is 3. The van der Waals surface area contributed by atoms with Gasteiger partial charge in [0.2, 0.25) is 5.56 Å². The highest BCUT2D eigenvalue weighted by molar-refractivity contribution is 5.94. The van der Waals surface area contributed by atoms with Gasteiger partial charge in [-0.1, -0.05) is 0 Å². The van der Waals surface area contributed by atoms with E-state index >= 15 is 0 Å². The number of nitrogens with zero attached hydrogens (tertiary/aromatic N) is 2. The molecule has 0 atom stereocenters. The molecule has 1 aromatic heterocycles.